The minimum absolute atomic E-state index is 0.0662. The van der Waals surface area contributed by atoms with Gasteiger partial charge in [0.1, 0.15) is 5.70 Å². The monoisotopic (exact) mass is 312 g/mol. The number of hydrogen-bond donors (Lipinski definition) is 0. The van der Waals surface area contributed by atoms with Gasteiger partial charge >= 0.3 is 0 Å². The topological polar surface area (TPSA) is 32.7 Å². The summed E-state index contributed by atoms with van der Waals surface area (Å²) in [5.74, 6) is 0.733. The molecular formula is C18H20N2OS. The van der Waals surface area contributed by atoms with Crippen LogP contribution in [-0.2, 0) is 4.79 Å². The molecule has 0 N–H and O–H groups in total. The summed E-state index contributed by atoms with van der Waals surface area (Å²) in [5.41, 5.74) is 2.66. The Bertz CT molecular complexity index is 642. The van der Waals surface area contributed by atoms with E-state index in [9.17, 15) is 4.79 Å². The maximum absolute atomic E-state index is 12.5. The Morgan fingerprint density at radius 1 is 1.32 bits per heavy atom. The third-order valence-corrected chi connectivity index (χ3v) is 4.08. The van der Waals surface area contributed by atoms with Gasteiger partial charge in [0.25, 0.3) is 5.91 Å². The number of benzene rings is 1. The largest absolute Gasteiger partial charge is 0.282 e. The van der Waals surface area contributed by atoms with Gasteiger partial charge in [0.2, 0.25) is 0 Å². The predicted octanol–water partition coefficient (Wildman–Crippen LogP) is 4.03. The third-order valence-electron chi connectivity index (χ3n) is 3.15. The van der Waals surface area contributed by atoms with Crippen molar-refractivity contribution in [2.75, 3.05) is 12.3 Å². The van der Waals surface area contributed by atoms with Crippen LogP contribution in [0.3, 0.4) is 0 Å². The van der Waals surface area contributed by atoms with Crippen molar-refractivity contribution in [3.05, 3.63) is 65.9 Å². The van der Waals surface area contributed by atoms with Crippen LogP contribution in [0.15, 0.2) is 59.8 Å². The van der Waals surface area contributed by atoms with E-state index in [0.717, 1.165) is 16.5 Å². The SMILES string of the molecule is C=CCN1C(=O)C(=Cc2ccc(C)cc2)N=C1SCC=CC. The first-order valence-corrected chi connectivity index (χ1v) is 8.18. The van der Waals surface area contributed by atoms with Gasteiger partial charge in [-0.15, -0.1) is 6.58 Å². The molecule has 22 heavy (non-hydrogen) atoms. The van der Waals surface area contributed by atoms with Crippen LogP contribution < -0.4 is 0 Å². The smallest absolute Gasteiger partial charge is 0.278 e. The van der Waals surface area contributed by atoms with E-state index < -0.39 is 0 Å². The highest BCUT2D eigenvalue weighted by Crippen LogP contribution is 2.24. The Labute approximate surface area is 136 Å². The second kappa shape index (κ2) is 7.80. The van der Waals surface area contributed by atoms with Crippen LogP contribution in [0.25, 0.3) is 6.08 Å². The molecule has 1 aromatic rings. The molecule has 1 aliphatic heterocycles. The maximum atomic E-state index is 12.5. The summed E-state index contributed by atoms with van der Waals surface area (Å²) in [6.45, 7) is 8.21. The number of carbonyl (C=O) groups is 1. The van der Waals surface area contributed by atoms with Gasteiger partial charge in [0, 0.05) is 12.3 Å². The Morgan fingerprint density at radius 2 is 2.05 bits per heavy atom. The number of aliphatic imine (C=N–C) groups is 1. The van der Waals surface area contributed by atoms with Crippen molar-refractivity contribution in [2.24, 2.45) is 4.99 Å². The first-order chi connectivity index (χ1) is 10.7. The molecule has 0 saturated carbocycles. The van der Waals surface area contributed by atoms with Crippen molar-refractivity contribution < 1.29 is 4.79 Å². The first kappa shape index (κ1) is 16.3. The molecule has 0 fully saturated rings. The van der Waals surface area contributed by atoms with Crippen molar-refractivity contribution >= 4 is 28.9 Å². The molecule has 0 saturated heterocycles. The molecule has 1 amide bonds. The fourth-order valence-corrected chi connectivity index (χ4v) is 2.88. The van der Waals surface area contributed by atoms with Gasteiger partial charge in [-0.25, -0.2) is 4.99 Å². The molecule has 0 aliphatic carbocycles. The second-order valence-corrected chi connectivity index (χ2v) is 5.91. The molecule has 1 aromatic carbocycles. The van der Waals surface area contributed by atoms with Crippen LogP contribution in [0.1, 0.15) is 18.1 Å². The normalized spacial score (nSPS) is 16.6. The lowest BCUT2D eigenvalue weighted by atomic mass is 10.1. The molecule has 114 valence electrons. The van der Waals surface area contributed by atoms with Crippen molar-refractivity contribution in [3.63, 3.8) is 0 Å². The van der Waals surface area contributed by atoms with Crippen LogP contribution in [0.2, 0.25) is 0 Å². The number of rotatable bonds is 5. The average Bonchev–Trinajstić information content (AvgIpc) is 2.79. The molecule has 1 heterocycles. The van der Waals surface area contributed by atoms with Crippen LogP contribution >= 0.6 is 11.8 Å². The lowest BCUT2D eigenvalue weighted by molar-refractivity contribution is -0.122. The summed E-state index contributed by atoms with van der Waals surface area (Å²) in [4.78, 5) is 18.6. The van der Waals surface area contributed by atoms with Crippen LogP contribution in [0, 0.1) is 6.92 Å². The highest BCUT2D eigenvalue weighted by Gasteiger charge is 2.29. The number of allylic oxidation sites excluding steroid dienone is 1. The zero-order valence-corrected chi connectivity index (χ0v) is 13.8. The van der Waals surface area contributed by atoms with E-state index in [4.69, 9.17) is 0 Å². The van der Waals surface area contributed by atoms with Gasteiger partial charge < -0.3 is 0 Å². The summed E-state index contributed by atoms with van der Waals surface area (Å²) in [6.07, 6.45) is 7.59. The number of amidine groups is 1. The van der Waals surface area contributed by atoms with Crippen molar-refractivity contribution in [1.29, 1.82) is 0 Å². The summed E-state index contributed by atoms with van der Waals surface area (Å²) >= 11 is 1.56. The van der Waals surface area contributed by atoms with E-state index in [1.807, 2.05) is 56.3 Å². The van der Waals surface area contributed by atoms with E-state index in [1.165, 1.54) is 5.56 Å². The molecule has 0 atom stereocenters. The number of thioether (sulfide) groups is 1. The number of carbonyl (C=O) groups excluding carboxylic acids is 1. The van der Waals surface area contributed by atoms with Crippen LogP contribution in [0.5, 0.6) is 0 Å². The minimum Gasteiger partial charge on any atom is -0.282 e. The first-order valence-electron chi connectivity index (χ1n) is 7.19. The van der Waals surface area contributed by atoms with Gasteiger partial charge in [0.15, 0.2) is 5.17 Å². The summed E-state index contributed by atoms with van der Waals surface area (Å²) in [5, 5.41) is 0.737. The Kier molecular flexibility index (Phi) is 5.78. The highest BCUT2D eigenvalue weighted by atomic mass is 32.2. The molecule has 1 aliphatic rings. The summed E-state index contributed by atoms with van der Waals surface area (Å²) in [6, 6.07) is 8.04. The molecule has 2 rings (SSSR count). The molecule has 0 spiro atoms. The molecule has 0 radical (unpaired) electrons. The Hall–Kier alpha value is -2.07. The van der Waals surface area contributed by atoms with E-state index in [1.54, 1.807) is 22.7 Å². The van der Waals surface area contributed by atoms with Gasteiger partial charge in [-0.3, -0.25) is 9.69 Å². The van der Waals surface area contributed by atoms with E-state index in [2.05, 4.69) is 11.6 Å². The molecule has 3 nitrogen and oxygen atoms in total. The highest BCUT2D eigenvalue weighted by molar-refractivity contribution is 8.14. The van der Waals surface area contributed by atoms with Gasteiger partial charge in [-0.1, -0.05) is 59.8 Å². The molecule has 0 aromatic heterocycles. The maximum Gasteiger partial charge on any atom is 0.278 e. The lowest BCUT2D eigenvalue weighted by Crippen LogP contribution is -2.30. The lowest BCUT2D eigenvalue weighted by Gasteiger charge is -2.14. The number of aryl methyl sites for hydroxylation is 1. The fraction of sp³-hybridized carbons (Fsp3) is 0.222. The number of nitrogens with zero attached hydrogens (tertiary/aromatic N) is 2. The van der Waals surface area contributed by atoms with Crippen molar-refractivity contribution in [1.82, 2.24) is 4.90 Å². The molecule has 0 unspecified atom stereocenters. The number of hydrogen-bond acceptors (Lipinski definition) is 3. The summed E-state index contributed by atoms with van der Waals surface area (Å²) in [7, 11) is 0. The van der Waals surface area contributed by atoms with Crippen LogP contribution in [0.4, 0.5) is 0 Å². The quantitative estimate of drug-likeness (QED) is 0.607. The van der Waals surface area contributed by atoms with E-state index in [-0.39, 0.29) is 5.91 Å². The number of amides is 1. The predicted molar refractivity (Wildman–Crippen MR) is 95.8 cm³/mol. The molecular weight excluding hydrogens is 292 g/mol. The third kappa shape index (κ3) is 3.98. The van der Waals surface area contributed by atoms with Crippen molar-refractivity contribution in [3.8, 4) is 0 Å². The minimum atomic E-state index is -0.0662. The zero-order chi connectivity index (χ0) is 15.9. The zero-order valence-electron chi connectivity index (χ0n) is 13.0. The van der Waals surface area contributed by atoms with Crippen LogP contribution in [-0.4, -0.2) is 28.3 Å². The van der Waals surface area contributed by atoms with Gasteiger partial charge in [-0.2, -0.15) is 0 Å². The van der Waals surface area contributed by atoms with Crippen molar-refractivity contribution in [2.45, 2.75) is 13.8 Å². The van der Waals surface area contributed by atoms with Gasteiger partial charge in [-0.05, 0) is 25.5 Å². The standard InChI is InChI=1S/C18H20N2OS/c1-4-6-12-22-18-19-16(17(21)20(18)11-5-2)13-15-9-7-14(3)8-10-15/h4-10,13H,2,11-12H2,1,3H3. The van der Waals surface area contributed by atoms with E-state index in [0.29, 0.717) is 12.2 Å². The average molecular weight is 312 g/mol. The van der Waals surface area contributed by atoms with E-state index >= 15 is 0 Å². The Morgan fingerprint density at radius 3 is 2.68 bits per heavy atom. The molecule has 0 bridgehead atoms. The fourth-order valence-electron chi connectivity index (χ4n) is 1.97. The Balaban J connectivity index is 2.24. The van der Waals surface area contributed by atoms with Gasteiger partial charge in [0.05, 0.1) is 0 Å². The summed E-state index contributed by atoms with van der Waals surface area (Å²) < 4.78 is 0. The second-order valence-electron chi connectivity index (χ2n) is 4.92. The molecule has 4 heteroatoms.